The van der Waals surface area contributed by atoms with E-state index in [1.807, 2.05) is 32.0 Å². The highest BCUT2D eigenvalue weighted by Gasteiger charge is 2.44. The molecule has 0 radical (unpaired) electrons. The fourth-order valence-corrected chi connectivity index (χ4v) is 4.07. The third-order valence-corrected chi connectivity index (χ3v) is 5.79. The molecule has 0 spiro atoms. The molecule has 7 nitrogen and oxygen atoms in total. The van der Waals surface area contributed by atoms with E-state index >= 15 is 0 Å². The molecule has 2 N–H and O–H groups in total. The lowest BCUT2D eigenvalue weighted by Crippen LogP contribution is -2.42. The molecule has 1 saturated carbocycles. The highest BCUT2D eigenvalue weighted by atomic mass is 16.5. The number of benzene rings is 1. The van der Waals surface area contributed by atoms with Crippen LogP contribution in [0.3, 0.4) is 0 Å². The zero-order valence-corrected chi connectivity index (χ0v) is 16.8. The van der Waals surface area contributed by atoms with Gasteiger partial charge in [0, 0.05) is 36.0 Å². The zero-order chi connectivity index (χ0) is 20.5. The van der Waals surface area contributed by atoms with Gasteiger partial charge in [-0.3, -0.25) is 9.59 Å². The summed E-state index contributed by atoms with van der Waals surface area (Å²) in [5, 5.41) is 14.9. The number of ether oxygens (including phenoxy) is 1. The predicted octanol–water partition coefficient (Wildman–Crippen LogP) is 2.33. The minimum Gasteiger partial charge on any atom is -0.505 e. The lowest BCUT2D eigenvalue weighted by molar-refractivity contribution is -0.136. The third kappa shape index (κ3) is 4.19. The number of carbonyl (C=O) groups excluding carboxylic acids is 2. The Morgan fingerprint density at radius 3 is 2.76 bits per heavy atom. The summed E-state index contributed by atoms with van der Waals surface area (Å²) < 4.78 is 5.45. The van der Waals surface area contributed by atoms with Crippen molar-refractivity contribution in [1.29, 1.82) is 0 Å². The summed E-state index contributed by atoms with van der Waals surface area (Å²) in [7, 11) is 0. The van der Waals surface area contributed by atoms with E-state index in [0.717, 1.165) is 18.2 Å². The van der Waals surface area contributed by atoms with E-state index in [9.17, 15) is 14.7 Å². The minimum atomic E-state index is -0.406. The van der Waals surface area contributed by atoms with Crippen LogP contribution < -0.4 is 5.32 Å². The van der Waals surface area contributed by atoms with Crippen LogP contribution in [0.25, 0.3) is 10.8 Å². The van der Waals surface area contributed by atoms with Crippen LogP contribution in [0.15, 0.2) is 30.5 Å². The minimum absolute atomic E-state index is 0.00163. The number of amides is 2. The number of fused-ring (bicyclic) bond motifs is 1. The van der Waals surface area contributed by atoms with Crippen molar-refractivity contribution in [1.82, 2.24) is 15.2 Å². The van der Waals surface area contributed by atoms with Crippen LogP contribution in [0.1, 0.15) is 37.2 Å². The second-order valence-electron chi connectivity index (χ2n) is 8.28. The number of rotatable bonds is 6. The monoisotopic (exact) mass is 397 g/mol. The molecule has 154 valence electrons. The van der Waals surface area contributed by atoms with Gasteiger partial charge in [0.1, 0.15) is 6.61 Å². The number of aromatic nitrogens is 1. The molecule has 2 fully saturated rings. The quantitative estimate of drug-likeness (QED) is 0.781. The average molecular weight is 397 g/mol. The first-order valence-corrected chi connectivity index (χ1v) is 10.2. The van der Waals surface area contributed by atoms with E-state index < -0.39 is 5.91 Å². The smallest absolute Gasteiger partial charge is 0.274 e. The third-order valence-electron chi connectivity index (χ3n) is 5.79. The SMILES string of the molecule is CC(C)OCC(=O)N1C[C@@H](NC(=O)c2ncc3ccccc3c2O)[C@H](C2CC2)C1. The first kappa shape index (κ1) is 19.6. The van der Waals surface area contributed by atoms with Crippen molar-refractivity contribution >= 4 is 22.6 Å². The number of likely N-dealkylation sites (tertiary alicyclic amines) is 1. The van der Waals surface area contributed by atoms with E-state index in [-0.39, 0.29) is 42.0 Å². The van der Waals surface area contributed by atoms with Crippen LogP contribution in [-0.4, -0.2) is 58.6 Å². The van der Waals surface area contributed by atoms with Crippen LogP contribution in [0, 0.1) is 11.8 Å². The maximum Gasteiger partial charge on any atom is 0.274 e. The molecule has 1 saturated heterocycles. The molecule has 2 amide bonds. The molecule has 0 unspecified atom stereocenters. The van der Waals surface area contributed by atoms with Crippen LogP contribution in [0.4, 0.5) is 0 Å². The summed E-state index contributed by atoms with van der Waals surface area (Å²) in [5.41, 5.74) is 0.0196. The summed E-state index contributed by atoms with van der Waals surface area (Å²) in [5.74, 6) is 0.191. The Morgan fingerprint density at radius 1 is 1.28 bits per heavy atom. The standard InChI is InChI=1S/C22H27N3O4/c1-13(2)29-12-19(26)25-10-17(14-7-8-14)18(11-25)24-22(28)20-21(27)16-6-4-3-5-15(16)9-23-20/h3-6,9,13-14,17-18,27H,7-8,10-12H2,1-2H3,(H,24,28)/t17-,18+/m0/s1. The Balaban J connectivity index is 1.48. The van der Waals surface area contributed by atoms with Gasteiger partial charge in [0.2, 0.25) is 5.91 Å². The van der Waals surface area contributed by atoms with Crippen molar-refractivity contribution in [2.75, 3.05) is 19.7 Å². The molecule has 2 aliphatic rings. The van der Waals surface area contributed by atoms with Crippen molar-refractivity contribution in [2.45, 2.75) is 38.8 Å². The van der Waals surface area contributed by atoms with Gasteiger partial charge in [0.15, 0.2) is 11.4 Å². The van der Waals surface area contributed by atoms with Gasteiger partial charge in [0.25, 0.3) is 5.91 Å². The van der Waals surface area contributed by atoms with Crippen molar-refractivity contribution in [3.63, 3.8) is 0 Å². The molecule has 4 rings (SSSR count). The number of hydrogen-bond donors (Lipinski definition) is 2. The summed E-state index contributed by atoms with van der Waals surface area (Å²) >= 11 is 0. The summed E-state index contributed by atoms with van der Waals surface area (Å²) in [6.07, 6.45) is 3.84. The van der Waals surface area contributed by atoms with E-state index in [1.165, 1.54) is 0 Å². The number of pyridine rings is 1. The molecular formula is C22H27N3O4. The van der Waals surface area contributed by atoms with E-state index in [0.29, 0.717) is 24.4 Å². The highest BCUT2D eigenvalue weighted by Crippen LogP contribution is 2.41. The molecule has 7 heteroatoms. The fraction of sp³-hybridized carbons (Fsp3) is 0.500. The molecule has 2 heterocycles. The zero-order valence-electron chi connectivity index (χ0n) is 16.8. The Morgan fingerprint density at radius 2 is 2.03 bits per heavy atom. The lowest BCUT2D eigenvalue weighted by atomic mass is 9.98. The van der Waals surface area contributed by atoms with Gasteiger partial charge >= 0.3 is 0 Å². The van der Waals surface area contributed by atoms with Gasteiger partial charge in [-0.15, -0.1) is 0 Å². The van der Waals surface area contributed by atoms with Crippen molar-refractivity contribution in [3.05, 3.63) is 36.2 Å². The first-order valence-electron chi connectivity index (χ1n) is 10.2. The predicted molar refractivity (Wildman–Crippen MR) is 109 cm³/mol. The van der Waals surface area contributed by atoms with Crippen LogP contribution in [-0.2, 0) is 9.53 Å². The Hall–Kier alpha value is -2.67. The summed E-state index contributed by atoms with van der Waals surface area (Å²) in [6.45, 7) is 4.95. The molecule has 1 aromatic heterocycles. The maximum absolute atomic E-state index is 12.9. The number of carbonyl (C=O) groups is 2. The van der Waals surface area contributed by atoms with E-state index in [2.05, 4.69) is 10.3 Å². The van der Waals surface area contributed by atoms with Crippen LogP contribution >= 0.6 is 0 Å². The fourth-order valence-electron chi connectivity index (χ4n) is 4.07. The summed E-state index contributed by atoms with van der Waals surface area (Å²) in [6, 6.07) is 7.13. The maximum atomic E-state index is 12.9. The van der Waals surface area contributed by atoms with Crippen LogP contribution in [0.5, 0.6) is 5.75 Å². The number of hydrogen-bond acceptors (Lipinski definition) is 5. The van der Waals surface area contributed by atoms with Crippen molar-refractivity contribution < 1.29 is 19.4 Å². The molecule has 0 bridgehead atoms. The molecule has 1 aromatic carbocycles. The number of nitrogens with one attached hydrogen (secondary N) is 1. The normalized spacial score (nSPS) is 21.7. The van der Waals surface area contributed by atoms with Crippen molar-refractivity contribution in [3.8, 4) is 5.75 Å². The van der Waals surface area contributed by atoms with E-state index in [1.54, 1.807) is 17.2 Å². The highest BCUT2D eigenvalue weighted by molar-refractivity contribution is 6.01. The number of aromatic hydroxyl groups is 1. The Kier molecular flexibility index (Phi) is 5.41. The number of nitrogens with zero attached hydrogens (tertiary/aromatic N) is 2. The van der Waals surface area contributed by atoms with Gasteiger partial charge in [-0.25, -0.2) is 4.98 Å². The Labute approximate surface area is 170 Å². The van der Waals surface area contributed by atoms with Gasteiger partial charge < -0.3 is 20.1 Å². The molecule has 2 atom stereocenters. The van der Waals surface area contributed by atoms with Gasteiger partial charge in [-0.2, -0.15) is 0 Å². The Bertz CT molecular complexity index is 925. The average Bonchev–Trinajstić information content (AvgIpc) is 3.47. The molecule has 2 aromatic rings. The summed E-state index contributed by atoms with van der Waals surface area (Å²) in [4.78, 5) is 31.3. The van der Waals surface area contributed by atoms with Crippen molar-refractivity contribution in [2.24, 2.45) is 11.8 Å². The molecule has 1 aliphatic heterocycles. The van der Waals surface area contributed by atoms with E-state index in [4.69, 9.17) is 4.74 Å². The second kappa shape index (κ2) is 7.99. The van der Waals surface area contributed by atoms with Gasteiger partial charge in [-0.1, -0.05) is 24.3 Å². The largest absolute Gasteiger partial charge is 0.505 e. The lowest BCUT2D eigenvalue weighted by Gasteiger charge is -2.19. The topological polar surface area (TPSA) is 91.8 Å². The van der Waals surface area contributed by atoms with Gasteiger partial charge in [0.05, 0.1) is 12.1 Å². The second-order valence-corrected chi connectivity index (χ2v) is 8.28. The molecular weight excluding hydrogens is 370 g/mol. The first-order chi connectivity index (χ1) is 13.9. The van der Waals surface area contributed by atoms with Crippen LogP contribution in [0.2, 0.25) is 0 Å². The molecule has 29 heavy (non-hydrogen) atoms. The molecule has 1 aliphatic carbocycles. The van der Waals surface area contributed by atoms with Gasteiger partial charge in [-0.05, 0) is 32.6 Å².